The van der Waals surface area contributed by atoms with Crippen LogP contribution in [0.5, 0.6) is 11.5 Å². The highest BCUT2D eigenvalue weighted by Gasteiger charge is 2.35. The Balaban J connectivity index is 1.37. The lowest BCUT2D eigenvalue weighted by Crippen LogP contribution is -2.42. The van der Waals surface area contributed by atoms with Crippen LogP contribution in [-0.2, 0) is 4.79 Å². The zero-order chi connectivity index (χ0) is 21.8. The second-order valence-electron chi connectivity index (χ2n) is 8.91. The Kier molecular flexibility index (Phi) is 7.00. The molecule has 31 heavy (non-hydrogen) atoms. The molecule has 0 radical (unpaired) electrons. The van der Waals surface area contributed by atoms with Gasteiger partial charge in [-0.05, 0) is 57.0 Å². The fourth-order valence-electron chi connectivity index (χ4n) is 4.73. The number of likely N-dealkylation sites (N-methyl/N-ethyl adjacent to an activating group) is 1. The van der Waals surface area contributed by atoms with Gasteiger partial charge in [0.15, 0.2) is 0 Å². The van der Waals surface area contributed by atoms with Gasteiger partial charge in [-0.1, -0.05) is 6.92 Å². The molecule has 2 heterocycles. The van der Waals surface area contributed by atoms with Crippen LogP contribution in [0.4, 0.5) is 0 Å². The van der Waals surface area contributed by atoms with Gasteiger partial charge in [-0.2, -0.15) is 0 Å². The van der Waals surface area contributed by atoms with Crippen molar-refractivity contribution in [1.29, 1.82) is 0 Å². The molecule has 1 atom stereocenters. The number of nitrogens with one attached hydrogen (secondary N) is 1. The van der Waals surface area contributed by atoms with E-state index in [0.29, 0.717) is 35.6 Å². The minimum atomic E-state index is -0.127. The van der Waals surface area contributed by atoms with Crippen molar-refractivity contribution in [2.75, 3.05) is 39.8 Å². The second-order valence-corrected chi connectivity index (χ2v) is 8.91. The predicted octanol–water partition coefficient (Wildman–Crippen LogP) is 2.69. The first-order chi connectivity index (χ1) is 15.1. The van der Waals surface area contributed by atoms with Gasteiger partial charge in [0.05, 0.1) is 12.7 Å². The summed E-state index contributed by atoms with van der Waals surface area (Å²) in [4.78, 5) is 29.7. The number of carbonyl (C=O) groups excluding carboxylic acids is 2. The molecule has 0 unspecified atom stereocenters. The van der Waals surface area contributed by atoms with Crippen LogP contribution >= 0.6 is 0 Å². The predicted molar refractivity (Wildman–Crippen MR) is 119 cm³/mol. The van der Waals surface area contributed by atoms with Crippen molar-refractivity contribution in [3.8, 4) is 11.5 Å². The van der Waals surface area contributed by atoms with E-state index >= 15 is 0 Å². The fraction of sp³-hybridized carbons (Fsp3) is 0.667. The van der Waals surface area contributed by atoms with Crippen molar-refractivity contribution >= 4 is 11.8 Å². The Morgan fingerprint density at radius 3 is 2.55 bits per heavy atom. The second kappa shape index (κ2) is 9.90. The van der Waals surface area contributed by atoms with Crippen LogP contribution in [0, 0.1) is 5.92 Å². The van der Waals surface area contributed by atoms with Crippen LogP contribution in [0.1, 0.15) is 55.8 Å². The molecule has 0 bridgehead atoms. The third-order valence-electron chi connectivity index (χ3n) is 6.81. The quantitative estimate of drug-likeness (QED) is 0.688. The van der Waals surface area contributed by atoms with Crippen molar-refractivity contribution in [2.24, 2.45) is 5.92 Å². The van der Waals surface area contributed by atoms with Gasteiger partial charge in [0, 0.05) is 44.4 Å². The molecule has 1 N–H and O–H groups in total. The zero-order valence-electron chi connectivity index (χ0n) is 18.8. The molecule has 0 aromatic heterocycles. The molecule has 1 aromatic rings. The normalized spacial score (nSPS) is 22.4. The first-order valence-electron chi connectivity index (χ1n) is 11.7. The number of carbonyl (C=O) groups is 2. The molecule has 2 amide bonds. The summed E-state index contributed by atoms with van der Waals surface area (Å²) in [6, 6.07) is 5.80. The van der Waals surface area contributed by atoms with E-state index in [9.17, 15) is 9.59 Å². The standard InChI is InChI=1S/C24H35N3O4/c1-3-26-12-4-5-18(26)16-25-23(28)21-15-20(30-2)8-9-22(21)31-19-10-13-27(14-11-19)24(29)17-6-7-17/h8-9,15,17-19H,3-7,10-14,16H2,1-2H3,(H,25,28)/t18-/m0/s1. The number of nitrogens with zero attached hydrogens (tertiary/aromatic N) is 2. The number of piperidine rings is 1. The van der Waals surface area contributed by atoms with Gasteiger partial charge in [-0.3, -0.25) is 14.5 Å². The average molecular weight is 430 g/mol. The molecule has 7 heteroatoms. The summed E-state index contributed by atoms with van der Waals surface area (Å²) >= 11 is 0. The van der Waals surface area contributed by atoms with Crippen LogP contribution in [0.25, 0.3) is 0 Å². The summed E-state index contributed by atoms with van der Waals surface area (Å²) in [6.45, 7) is 6.38. The lowest BCUT2D eigenvalue weighted by molar-refractivity contribution is -0.134. The van der Waals surface area contributed by atoms with E-state index < -0.39 is 0 Å². The zero-order valence-corrected chi connectivity index (χ0v) is 18.8. The minimum absolute atomic E-state index is 0.00797. The van der Waals surface area contributed by atoms with Crippen LogP contribution < -0.4 is 14.8 Å². The highest BCUT2D eigenvalue weighted by Crippen LogP contribution is 2.33. The molecule has 1 aliphatic carbocycles. The number of hydrogen-bond acceptors (Lipinski definition) is 5. The van der Waals surface area contributed by atoms with Gasteiger partial charge in [0.1, 0.15) is 17.6 Å². The Hall–Kier alpha value is -2.28. The van der Waals surface area contributed by atoms with Crippen LogP contribution in [0.15, 0.2) is 18.2 Å². The largest absolute Gasteiger partial charge is 0.497 e. The monoisotopic (exact) mass is 429 g/mol. The molecular formula is C24H35N3O4. The number of likely N-dealkylation sites (tertiary alicyclic amines) is 2. The van der Waals surface area contributed by atoms with Gasteiger partial charge >= 0.3 is 0 Å². The SMILES string of the molecule is CCN1CCC[C@H]1CNC(=O)c1cc(OC)ccc1OC1CCN(C(=O)C2CC2)CC1. The van der Waals surface area contributed by atoms with E-state index in [1.165, 1.54) is 6.42 Å². The highest BCUT2D eigenvalue weighted by atomic mass is 16.5. The molecule has 3 fully saturated rings. The Labute approximate surface area is 185 Å². The van der Waals surface area contributed by atoms with Gasteiger partial charge in [0.25, 0.3) is 5.91 Å². The first-order valence-corrected chi connectivity index (χ1v) is 11.7. The smallest absolute Gasteiger partial charge is 0.255 e. The Morgan fingerprint density at radius 1 is 1.10 bits per heavy atom. The van der Waals surface area contributed by atoms with E-state index in [1.807, 2.05) is 17.0 Å². The van der Waals surface area contributed by atoms with Crippen LogP contribution in [0.2, 0.25) is 0 Å². The summed E-state index contributed by atoms with van der Waals surface area (Å²) < 4.78 is 11.6. The number of hydrogen-bond donors (Lipinski definition) is 1. The number of ether oxygens (including phenoxy) is 2. The molecule has 170 valence electrons. The molecule has 3 aliphatic rings. The van der Waals surface area contributed by atoms with Gasteiger partial charge in [0.2, 0.25) is 5.91 Å². The van der Waals surface area contributed by atoms with Gasteiger partial charge in [-0.25, -0.2) is 0 Å². The molecule has 0 spiro atoms. The number of benzene rings is 1. The number of methoxy groups -OCH3 is 1. The maximum absolute atomic E-state index is 13.0. The molecule has 4 rings (SSSR count). The minimum Gasteiger partial charge on any atom is -0.497 e. The number of amides is 2. The Morgan fingerprint density at radius 2 is 1.87 bits per heavy atom. The molecule has 2 saturated heterocycles. The van der Waals surface area contributed by atoms with Crippen molar-refractivity contribution < 1.29 is 19.1 Å². The maximum atomic E-state index is 13.0. The summed E-state index contributed by atoms with van der Waals surface area (Å²) in [5, 5.41) is 3.11. The van der Waals surface area contributed by atoms with Gasteiger partial charge < -0.3 is 19.7 Å². The van der Waals surface area contributed by atoms with Crippen LogP contribution in [0.3, 0.4) is 0 Å². The summed E-state index contributed by atoms with van der Waals surface area (Å²) in [6.07, 6.45) is 5.97. The third kappa shape index (κ3) is 5.32. The topological polar surface area (TPSA) is 71.1 Å². The van der Waals surface area contributed by atoms with E-state index in [1.54, 1.807) is 13.2 Å². The lowest BCUT2D eigenvalue weighted by Gasteiger charge is -2.32. The first kappa shape index (κ1) is 21.9. The summed E-state index contributed by atoms with van der Waals surface area (Å²) in [7, 11) is 1.60. The summed E-state index contributed by atoms with van der Waals surface area (Å²) in [5.74, 6) is 1.66. The molecule has 1 saturated carbocycles. The van der Waals surface area contributed by atoms with E-state index in [4.69, 9.17) is 9.47 Å². The summed E-state index contributed by atoms with van der Waals surface area (Å²) in [5.41, 5.74) is 0.511. The molecular weight excluding hydrogens is 394 g/mol. The highest BCUT2D eigenvalue weighted by molar-refractivity contribution is 5.97. The van der Waals surface area contributed by atoms with Crippen molar-refractivity contribution in [3.05, 3.63) is 23.8 Å². The molecule has 2 aliphatic heterocycles. The van der Waals surface area contributed by atoms with E-state index in [-0.39, 0.29) is 17.9 Å². The lowest BCUT2D eigenvalue weighted by atomic mass is 10.1. The average Bonchev–Trinajstić information content (AvgIpc) is 3.55. The van der Waals surface area contributed by atoms with E-state index in [0.717, 1.165) is 58.3 Å². The van der Waals surface area contributed by atoms with E-state index in [2.05, 4.69) is 17.1 Å². The fourth-order valence-corrected chi connectivity index (χ4v) is 4.73. The Bertz CT molecular complexity index is 787. The molecule has 1 aromatic carbocycles. The van der Waals surface area contributed by atoms with Crippen molar-refractivity contribution in [1.82, 2.24) is 15.1 Å². The van der Waals surface area contributed by atoms with Crippen molar-refractivity contribution in [2.45, 2.75) is 57.6 Å². The van der Waals surface area contributed by atoms with Gasteiger partial charge in [-0.15, -0.1) is 0 Å². The van der Waals surface area contributed by atoms with Crippen molar-refractivity contribution in [3.63, 3.8) is 0 Å². The van der Waals surface area contributed by atoms with Crippen LogP contribution in [-0.4, -0.2) is 73.6 Å². The number of rotatable bonds is 8. The molecule has 7 nitrogen and oxygen atoms in total. The third-order valence-corrected chi connectivity index (χ3v) is 6.81. The maximum Gasteiger partial charge on any atom is 0.255 e.